The van der Waals surface area contributed by atoms with Crippen molar-refractivity contribution >= 4 is 23.5 Å². The van der Waals surface area contributed by atoms with E-state index < -0.39 is 5.91 Å². The Hall–Kier alpha value is -2.37. The fraction of sp³-hybridized carbons (Fsp3) is 0.471. The lowest BCUT2D eigenvalue weighted by Gasteiger charge is -2.10. The molecule has 1 aromatic rings. The summed E-state index contributed by atoms with van der Waals surface area (Å²) in [6, 6.07) is 7.50. The van der Waals surface area contributed by atoms with Crippen molar-refractivity contribution in [2.75, 3.05) is 18.5 Å². The largest absolute Gasteiger partial charge is 0.455 e. The highest BCUT2D eigenvalue weighted by Crippen LogP contribution is 2.38. The highest BCUT2D eigenvalue weighted by Gasteiger charge is 2.40. The lowest BCUT2D eigenvalue weighted by Crippen LogP contribution is -2.35. The Balaban J connectivity index is 1.69. The molecule has 1 aliphatic carbocycles. The first-order valence-corrected chi connectivity index (χ1v) is 7.82. The Morgan fingerprint density at radius 2 is 1.91 bits per heavy atom. The van der Waals surface area contributed by atoms with Gasteiger partial charge in [-0.05, 0) is 30.4 Å². The fourth-order valence-corrected chi connectivity index (χ4v) is 2.27. The van der Waals surface area contributed by atoms with E-state index in [-0.39, 0.29) is 30.9 Å². The number of hydrogen-bond acceptors (Lipinski definition) is 4. The lowest BCUT2D eigenvalue weighted by molar-refractivity contribution is -0.150. The molecule has 0 heterocycles. The van der Waals surface area contributed by atoms with E-state index >= 15 is 0 Å². The second-order valence-corrected chi connectivity index (χ2v) is 5.76. The Morgan fingerprint density at radius 1 is 1.22 bits per heavy atom. The number of nitrogens with one attached hydrogen (secondary N) is 2. The maximum Gasteiger partial charge on any atom is 0.309 e. The van der Waals surface area contributed by atoms with Crippen LogP contribution in [0.4, 0.5) is 5.69 Å². The first kappa shape index (κ1) is 17.0. The van der Waals surface area contributed by atoms with E-state index in [0.717, 1.165) is 24.1 Å². The van der Waals surface area contributed by atoms with Crippen molar-refractivity contribution in [1.29, 1.82) is 0 Å². The zero-order chi connectivity index (χ0) is 16.8. The topological polar surface area (TPSA) is 84.5 Å². The van der Waals surface area contributed by atoms with Crippen molar-refractivity contribution in [1.82, 2.24) is 5.32 Å². The number of carbonyl (C=O) groups is 3. The van der Waals surface area contributed by atoms with E-state index in [4.69, 9.17) is 4.74 Å². The van der Waals surface area contributed by atoms with Crippen LogP contribution in [-0.4, -0.2) is 30.9 Å². The van der Waals surface area contributed by atoms with Gasteiger partial charge < -0.3 is 15.4 Å². The van der Waals surface area contributed by atoms with Crippen LogP contribution in [0.25, 0.3) is 0 Å². The third kappa shape index (κ3) is 5.09. The van der Waals surface area contributed by atoms with E-state index in [0.29, 0.717) is 5.92 Å². The third-order valence-electron chi connectivity index (χ3n) is 3.88. The highest BCUT2D eigenvalue weighted by molar-refractivity contribution is 5.95. The average Bonchev–Trinajstić information content (AvgIpc) is 3.28. The monoisotopic (exact) mass is 318 g/mol. The third-order valence-corrected chi connectivity index (χ3v) is 3.88. The minimum absolute atomic E-state index is 0.0726. The van der Waals surface area contributed by atoms with Gasteiger partial charge in [-0.25, -0.2) is 0 Å². The minimum atomic E-state index is -0.481. The van der Waals surface area contributed by atoms with Crippen LogP contribution >= 0.6 is 0 Å². The summed E-state index contributed by atoms with van der Waals surface area (Å²) < 4.78 is 4.90. The summed E-state index contributed by atoms with van der Waals surface area (Å²) in [5, 5.41) is 5.19. The van der Waals surface area contributed by atoms with Crippen molar-refractivity contribution in [3.05, 3.63) is 29.8 Å². The number of para-hydroxylation sites is 1. The molecular weight excluding hydrogens is 296 g/mol. The predicted molar refractivity (Wildman–Crippen MR) is 85.7 cm³/mol. The number of hydrogen-bond donors (Lipinski definition) is 2. The van der Waals surface area contributed by atoms with Gasteiger partial charge in [0.1, 0.15) is 0 Å². The van der Waals surface area contributed by atoms with Gasteiger partial charge in [-0.15, -0.1) is 0 Å². The van der Waals surface area contributed by atoms with Crippen molar-refractivity contribution in [3.8, 4) is 0 Å². The molecule has 2 atom stereocenters. The minimum Gasteiger partial charge on any atom is -0.455 e. The van der Waals surface area contributed by atoms with E-state index in [1.807, 2.05) is 38.1 Å². The normalized spacial score (nSPS) is 18.9. The molecule has 0 aliphatic heterocycles. The van der Waals surface area contributed by atoms with Crippen LogP contribution < -0.4 is 10.6 Å². The molecule has 1 saturated carbocycles. The number of amides is 2. The van der Waals surface area contributed by atoms with Gasteiger partial charge in [-0.1, -0.05) is 32.0 Å². The summed E-state index contributed by atoms with van der Waals surface area (Å²) in [6.45, 7) is 3.46. The molecule has 0 spiro atoms. The SMILES string of the molecule is CCc1ccccc1NC(=O)CNC(=O)COC(=O)[C@@H]1C[C@H]1C. The van der Waals surface area contributed by atoms with Gasteiger partial charge >= 0.3 is 5.97 Å². The molecular formula is C17H22N2O4. The van der Waals surface area contributed by atoms with Gasteiger partial charge in [-0.2, -0.15) is 0 Å². The molecule has 2 rings (SSSR count). The molecule has 0 bridgehead atoms. The smallest absolute Gasteiger partial charge is 0.309 e. The second-order valence-electron chi connectivity index (χ2n) is 5.76. The number of anilines is 1. The Bertz CT molecular complexity index is 600. The van der Waals surface area contributed by atoms with E-state index in [2.05, 4.69) is 10.6 Å². The summed E-state index contributed by atoms with van der Waals surface area (Å²) in [5.74, 6) is -0.868. The van der Waals surface area contributed by atoms with Crippen LogP contribution in [0, 0.1) is 11.8 Å². The summed E-state index contributed by atoms with van der Waals surface area (Å²) in [7, 11) is 0. The molecule has 2 amide bonds. The number of ether oxygens (including phenoxy) is 1. The Morgan fingerprint density at radius 3 is 2.57 bits per heavy atom. The molecule has 1 fully saturated rings. The van der Waals surface area contributed by atoms with Crippen LogP contribution in [0.5, 0.6) is 0 Å². The van der Waals surface area contributed by atoms with Crippen LogP contribution in [-0.2, 0) is 25.5 Å². The van der Waals surface area contributed by atoms with Crippen LogP contribution in [0.1, 0.15) is 25.8 Å². The van der Waals surface area contributed by atoms with Crippen molar-refractivity contribution in [2.45, 2.75) is 26.7 Å². The zero-order valence-electron chi connectivity index (χ0n) is 13.4. The quantitative estimate of drug-likeness (QED) is 0.746. The molecule has 1 aromatic carbocycles. The molecule has 0 saturated heterocycles. The summed E-state index contributed by atoms with van der Waals surface area (Å²) in [4.78, 5) is 34.9. The second kappa shape index (κ2) is 7.76. The van der Waals surface area contributed by atoms with E-state index in [9.17, 15) is 14.4 Å². The lowest BCUT2D eigenvalue weighted by atomic mass is 10.1. The van der Waals surface area contributed by atoms with Crippen molar-refractivity contribution in [3.63, 3.8) is 0 Å². The number of benzene rings is 1. The molecule has 0 radical (unpaired) electrons. The summed E-state index contributed by atoms with van der Waals surface area (Å²) >= 11 is 0. The molecule has 6 nitrogen and oxygen atoms in total. The average molecular weight is 318 g/mol. The first-order chi connectivity index (χ1) is 11.0. The Kier molecular flexibility index (Phi) is 5.73. The van der Waals surface area contributed by atoms with Gasteiger partial charge in [0.05, 0.1) is 12.5 Å². The molecule has 6 heteroatoms. The highest BCUT2D eigenvalue weighted by atomic mass is 16.5. The number of aryl methyl sites for hydroxylation is 1. The molecule has 1 aliphatic rings. The molecule has 124 valence electrons. The molecule has 2 N–H and O–H groups in total. The maximum atomic E-state index is 11.9. The van der Waals surface area contributed by atoms with Crippen LogP contribution in [0.3, 0.4) is 0 Å². The number of esters is 1. The number of carbonyl (C=O) groups excluding carboxylic acids is 3. The van der Waals surface area contributed by atoms with E-state index in [1.54, 1.807) is 0 Å². The van der Waals surface area contributed by atoms with Gasteiger partial charge in [-0.3, -0.25) is 14.4 Å². The summed E-state index contributed by atoms with van der Waals surface area (Å²) in [5.41, 5.74) is 1.77. The van der Waals surface area contributed by atoms with Gasteiger partial charge in [0.2, 0.25) is 5.91 Å². The molecule has 0 unspecified atom stereocenters. The summed E-state index contributed by atoms with van der Waals surface area (Å²) in [6.07, 6.45) is 1.62. The van der Waals surface area contributed by atoms with Crippen molar-refractivity contribution in [2.24, 2.45) is 11.8 Å². The van der Waals surface area contributed by atoms with Gasteiger partial charge in [0.15, 0.2) is 6.61 Å². The zero-order valence-corrected chi connectivity index (χ0v) is 13.4. The standard InChI is InChI=1S/C17H22N2O4/c1-3-12-6-4-5-7-14(12)19-15(20)9-18-16(21)10-23-17(22)13-8-11(13)2/h4-7,11,13H,3,8-10H2,1-2H3,(H,18,21)(H,19,20)/t11-,13-/m1/s1. The fourth-order valence-electron chi connectivity index (χ4n) is 2.27. The molecule has 0 aromatic heterocycles. The van der Waals surface area contributed by atoms with Crippen LogP contribution in [0.2, 0.25) is 0 Å². The maximum absolute atomic E-state index is 11.9. The van der Waals surface area contributed by atoms with Crippen LogP contribution in [0.15, 0.2) is 24.3 Å². The number of rotatable bonds is 7. The van der Waals surface area contributed by atoms with Gasteiger partial charge in [0, 0.05) is 5.69 Å². The van der Waals surface area contributed by atoms with E-state index in [1.165, 1.54) is 0 Å². The van der Waals surface area contributed by atoms with Gasteiger partial charge in [0.25, 0.3) is 5.91 Å². The predicted octanol–water partition coefficient (Wildman–Crippen LogP) is 1.50. The first-order valence-electron chi connectivity index (χ1n) is 7.82. The van der Waals surface area contributed by atoms with Crippen molar-refractivity contribution < 1.29 is 19.1 Å². The molecule has 23 heavy (non-hydrogen) atoms. The Labute approximate surface area is 135 Å².